The summed E-state index contributed by atoms with van der Waals surface area (Å²) in [6.45, 7) is 5.44. The van der Waals surface area contributed by atoms with Gasteiger partial charge in [0.1, 0.15) is 0 Å². The van der Waals surface area contributed by atoms with Crippen LogP contribution in [0.1, 0.15) is 31.4 Å². The maximum Gasteiger partial charge on any atom is 0.0640 e. The lowest BCUT2D eigenvalue weighted by molar-refractivity contribution is 0.272. The molecule has 2 rings (SSSR count). The van der Waals surface area contributed by atoms with Crippen LogP contribution in [0.3, 0.4) is 0 Å². The van der Waals surface area contributed by atoms with Crippen LogP contribution in [-0.4, -0.2) is 31.6 Å². The first-order valence-corrected chi connectivity index (χ1v) is 7.75. The number of halogens is 2. The molecule has 19 heavy (non-hydrogen) atoms. The first-order valence-electron chi connectivity index (χ1n) is 7.00. The monoisotopic (exact) mass is 300 g/mol. The van der Waals surface area contributed by atoms with Crippen LogP contribution in [0.25, 0.3) is 0 Å². The average Bonchev–Trinajstić information content (AvgIpc) is 2.75. The molecule has 2 unspecified atom stereocenters. The van der Waals surface area contributed by atoms with Gasteiger partial charge in [-0.15, -0.1) is 0 Å². The SMILES string of the molecule is CCCNCC1CCN(C)C1c1cccc(Cl)c1Cl. The molecule has 0 radical (unpaired) electrons. The predicted molar refractivity (Wildman–Crippen MR) is 83.1 cm³/mol. The van der Waals surface area contributed by atoms with Gasteiger partial charge in [-0.1, -0.05) is 42.3 Å². The summed E-state index contributed by atoms with van der Waals surface area (Å²) in [5.41, 5.74) is 1.16. The Morgan fingerprint density at radius 3 is 2.89 bits per heavy atom. The molecule has 1 aliphatic rings. The van der Waals surface area contributed by atoms with E-state index < -0.39 is 0 Å². The summed E-state index contributed by atoms with van der Waals surface area (Å²) in [7, 11) is 2.17. The molecule has 1 fully saturated rings. The van der Waals surface area contributed by atoms with Crippen molar-refractivity contribution in [1.82, 2.24) is 10.2 Å². The second kappa shape index (κ2) is 6.94. The molecular weight excluding hydrogens is 279 g/mol. The largest absolute Gasteiger partial charge is 0.316 e. The summed E-state index contributed by atoms with van der Waals surface area (Å²) < 4.78 is 0. The van der Waals surface area contributed by atoms with Crippen LogP contribution in [-0.2, 0) is 0 Å². The van der Waals surface area contributed by atoms with E-state index in [9.17, 15) is 0 Å². The van der Waals surface area contributed by atoms with Crippen LogP contribution in [0, 0.1) is 5.92 Å². The molecule has 1 aromatic rings. The second-order valence-electron chi connectivity index (χ2n) is 5.32. The third-order valence-electron chi connectivity index (χ3n) is 3.91. The van der Waals surface area contributed by atoms with E-state index in [-0.39, 0.29) is 0 Å². The van der Waals surface area contributed by atoms with Gasteiger partial charge in [0.05, 0.1) is 10.0 Å². The Hall–Kier alpha value is -0.280. The van der Waals surface area contributed by atoms with Crippen molar-refractivity contribution >= 4 is 23.2 Å². The fraction of sp³-hybridized carbons (Fsp3) is 0.600. The zero-order valence-corrected chi connectivity index (χ0v) is 13.1. The van der Waals surface area contributed by atoms with Crippen molar-refractivity contribution in [2.75, 3.05) is 26.7 Å². The smallest absolute Gasteiger partial charge is 0.0640 e. The fourth-order valence-electron chi connectivity index (χ4n) is 2.94. The zero-order chi connectivity index (χ0) is 13.8. The molecule has 1 aromatic carbocycles. The fourth-order valence-corrected chi connectivity index (χ4v) is 3.36. The lowest BCUT2D eigenvalue weighted by Crippen LogP contribution is -2.29. The van der Waals surface area contributed by atoms with Crippen LogP contribution in [0.4, 0.5) is 0 Å². The van der Waals surface area contributed by atoms with Crippen molar-refractivity contribution in [3.05, 3.63) is 33.8 Å². The number of rotatable bonds is 5. The molecule has 2 nitrogen and oxygen atoms in total. The molecule has 0 spiro atoms. The van der Waals surface area contributed by atoms with Crippen LogP contribution >= 0.6 is 23.2 Å². The van der Waals surface area contributed by atoms with Gasteiger partial charge in [0.25, 0.3) is 0 Å². The van der Waals surface area contributed by atoms with Crippen LogP contribution in [0.15, 0.2) is 18.2 Å². The molecule has 1 saturated heterocycles. The molecule has 2 atom stereocenters. The number of nitrogens with one attached hydrogen (secondary N) is 1. The van der Waals surface area contributed by atoms with Crippen LogP contribution in [0.2, 0.25) is 10.0 Å². The molecule has 1 N–H and O–H groups in total. The van der Waals surface area contributed by atoms with Gasteiger partial charge in [0, 0.05) is 6.04 Å². The van der Waals surface area contributed by atoms with Crippen molar-refractivity contribution in [1.29, 1.82) is 0 Å². The first-order chi connectivity index (χ1) is 9.15. The molecule has 0 saturated carbocycles. The second-order valence-corrected chi connectivity index (χ2v) is 6.11. The van der Waals surface area contributed by atoms with Crippen LogP contribution in [0.5, 0.6) is 0 Å². The standard InChI is InChI=1S/C15H22Cl2N2/c1-3-8-18-10-11-7-9-19(2)15(11)12-5-4-6-13(16)14(12)17/h4-6,11,15,18H,3,7-10H2,1-2H3. The van der Waals surface area contributed by atoms with E-state index in [1.807, 2.05) is 12.1 Å². The molecule has 1 heterocycles. The van der Waals surface area contributed by atoms with E-state index in [1.54, 1.807) is 0 Å². The Balaban J connectivity index is 2.16. The normalized spacial score (nSPS) is 24.0. The van der Waals surface area contributed by atoms with Gasteiger partial charge >= 0.3 is 0 Å². The van der Waals surface area contributed by atoms with Gasteiger partial charge in [-0.25, -0.2) is 0 Å². The number of benzene rings is 1. The number of nitrogens with zero attached hydrogens (tertiary/aromatic N) is 1. The topological polar surface area (TPSA) is 15.3 Å². The lowest BCUT2D eigenvalue weighted by atomic mass is 9.93. The number of hydrogen-bond donors (Lipinski definition) is 1. The van der Waals surface area contributed by atoms with Gasteiger partial charge in [-0.3, -0.25) is 4.90 Å². The highest BCUT2D eigenvalue weighted by molar-refractivity contribution is 6.42. The Morgan fingerprint density at radius 2 is 2.16 bits per heavy atom. The number of likely N-dealkylation sites (tertiary alicyclic amines) is 1. The first kappa shape index (κ1) is 15.1. The molecule has 0 amide bonds. The van der Waals surface area contributed by atoms with Gasteiger partial charge < -0.3 is 5.32 Å². The Bertz CT molecular complexity index is 423. The third-order valence-corrected chi connectivity index (χ3v) is 4.74. The highest BCUT2D eigenvalue weighted by Gasteiger charge is 2.34. The molecule has 0 aliphatic carbocycles. The maximum atomic E-state index is 6.39. The summed E-state index contributed by atoms with van der Waals surface area (Å²) in [5.74, 6) is 0.604. The molecule has 0 bridgehead atoms. The summed E-state index contributed by atoms with van der Waals surface area (Å²) >= 11 is 12.5. The third kappa shape index (κ3) is 3.43. The Morgan fingerprint density at radius 1 is 1.37 bits per heavy atom. The van der Waals surface area contributed by atoms with Crippen molar-refractivity contribution in [2.24, 2.45) is 5.92 Å². The Kier molecular flexibility index (Phi) is 5.52. The average molecular weight is 301 g/mol. The summed E-state index contributed by atoms with van der Waals surface area (Å²) in [6, 6.07) is 6.32. The molecular formula is C15H22Cl2N2. The number of hydrogen-bond acceptors (Lipinski definition) is 2. The quantitative estimate of drug-likeness (QED) is 0.827. The van der Waals surface area contributed by atoms with Crippen LogP contribution < -0.4 is 5.32 Å². The van der Waals surface area contributed by atoms with Gasteiger partial charge in [0.2, 0.25) is 0 Å². The minimum atomic E-state index is 0.371. The van der Waals surface area contributed by atoms with Gasteiger partial charge in [0.15, 0.2) is 0 Å². The van der Waals surface area contributed by atoms with Gasteiger partial charge in [-0.05, 0) is 57.1 Å². The van der Waals surface area contributed by atoms with E-state index in [4.69, 9.17) is 23.2 Å². The molecule has 4 heteroatoms. The van der Waals surface area contributed by atoms with Crippen molar-refractivity contribution in [3.63, 3.8) is 0 Å². The van der Waals surface area contributed by atoms with E-state index in [0.717, 1.165) is 25.2 Å². The summed E-state index contributed by atoms with van der Waals surface area (Å²) in [4.78, 5) is 2.38. The lowest BCUT2D eigenvalue weighted by Gasteiger charge is -2.27. The maximum absolute atomic E-state index is 6.39. The van der Waals surface area contributed by atoms with E-state index in [2.05, 4.69) is 30.3 Å². The van der Waals surface area contributed by atoms with E-state index in [1.165, 1.54) is 12.8 Å². The van der Waals surface area contributed by atoms with Crippen molar-refractivity contribution in [3.8, 4) is 0 Å². The summed E-state index contributed by atoms with van der Waals surface area (Å²) in [6.07, 6.45) is 2.38. The van der Waals surface area contributed by atoms with E-state index >= 15 is 0 Å². The molecule has 0 aromatic heterocycles. The molecule has 1 aliphatic heterocycles. The van der Waals surface area contributed by atoms with Crippen molar-refractivity contribution in [2.45, 2.75) is 25.8 Å². The zero-order valence-electron chi connectivity index (χ0n) is 11.6. The minimum absolute atomic E-state index is 0.371. The molecule has 106 valence electrons. The highest BCUT2D eigenvalue weighted by atomic mass is 35.5. The van der Waals surface area contributed by atoms with Crippen molar-refractivity contribution < 1.29 is 0 Å². The minimum Gasteiger partial charge on any atom is -0.316 e. The Labute approximate surface area is 126 Å². The van der Waals surface area contributed by atoms with Gasteiger partial charge in [-0.2, -0.15) is 0 Å². The summed E-state index contributed by atoms with van der Waals surface area (Å²) in [5, 5.41) is 4.89. The van der Waals surface area contributed by atoms with E-state index in [0.29, 0.717) is 22.0 Å². The predicted octanol–water partition coefficient (Wildman–Crippen LogP) is 3.99. The highest BCUT2D eigenvalue weighted by Crippen LogP contribution is 2.40.